The molecular weight excluding hydrogens is 434 g/mol. The number of nitrogens with zero attached hydrogens (tertiary/aromatic N) is 4. The van der Waals surface area contributed by atoms with Crippen LogP contribution in [0.4, 0.5) is 0 Å². The maximum absolute atomic E-state index is 13.8. The van der Waals surface area contributed by atoms with Crippen molar-refractivity contribution in [2.45, 2.75) is 77.1 Å². The summed E-state index contributed by atoms with van der Waals surface area (Å²) in [6, 6.07) is 4.22. The maximum Gasteiger partial charge on any atom is 0.248 e. The Bertz CT molecular complexity index is 1100. The highest BCUT2D eigenvalue weighted by molar-refractivity contribution is 5.90. The van der Waals surface area contributed by atoms with Gasteiger partial charge in [-0.1, -0.05) is 43.7 Å². The molecule has 1 unspecified atom stereocenters. The number of β-amino-alcohol motifs (C(OH)–C–C–N with tert-alkyl or cyclic N) is 1. The molecule has 2 aliphatic heterocycles. The fraction of sp³-hybridized carbons (Fsp3) is 0.600. The molecule has 2 aromatic rings. The van der Waals surface area contributed by atoms with Crippen molar-refractivity contribution >= 4 is 11.8 Å². The van der Waals surface area contributed by atoms with Crippen LogP contribution in [0.2, 0.25) is 0 Å². The van der Waals surface area contributed by atoms with Crippen LogP contribution in [0, 0.1) is 12.3 Å². The highest BCUT2D eigenvalue weighted by atomic mass is 16.5. The molecule has 1 aromatic carbocycles. The molecule has 0 radical (unpaired) electrons. The molecule has 2 N–H and O–H groups in total. The van der Waals surface area contributed by atoms with Crippen LogP contribution in [0.1, 0.15) is 74.9 Å². The number of carbonyl (C=O) groups excluding carboxylic acids is 2. The summed E-state index contributed by atoms with van der Waals surface area (Å²) in [5.74, 6) is 0.686. The van der Waals surface area contributed by atoms with E-state index < -0.39 is 23.6 Å². The Labute approximate surface area is 199 Å². The Kier molecular flexibility index (Phi) is 5.62. The third-order valence-corrected chi connectivity index (χ3v) is 6.97. The van der Waals surface area contributed by atoms with Crippen LogP contribution in [0.25, 0.3) is 0 Å². The van der Waals surface area contributed by atoms with E-state index in [1.54, 1.807) is 4.68 Å². The van der Waals surface area contributed by atoms with Gasteiger partial charge in [0.2, 0.25) is 11.8 Å². The van der Waals surface area contributed by atoms with Gasteiger partial charge in [0.15, 0.2) is 0 Å². The Balaban J connectivity index is 1.36. The van der Waals surface area contributed by atoms with Crippen LogP contribution < -0.4 is 10.1 Å². The summed E-state index contributed by atoms with van der Waals surface area (Å²) in [5, 5.41) is 22.0. The Morgan fingerprint density at radius 3 is 2.74 bits per heavy atom. The van der Waals surface area contributed by atoms with Crippen LogP contribution in [0.5, 0.6) is 5.75 Å². The molecule has 0 bridgehead atoms. The molecular formula is C25H33N5O4. The molecule has 34 heavy (non-hydrogen) atoms. The third kappa shape index (κ3) is 4.29. The SMILES string of the molecule is Cc1ccc2c(c1)C(NC(=O)[C@@H]1C[C@@H](O)CN1C(=O)[C@@H](n1cc(C3CC3)nn1)C(C)(C)C)CO2. The zero-order valence-electron chi connectivity index (χ0n) is 20.2. The van der Waals surface area contributed by atoms with E-state index in [0.717, 1.165) is 35.4 Å². The number of carbonyl (C=O) groups is 2. The minimum Gasteiger partial charge on any atom is -0.491 e. The maximum atomic E-state index is 13.8. The predicted octanol–water partition coefficient (Wildman–Crippen LogP) is 2.26. The fourth-order valence-electron chi connectivity index (χ4n) is 5.05. The van der Waals surface area contributed by atoms with Gasteiger partial charge in [0, 0.05) is 30.6 Å². The van der Waals surface area contributed by atoms with Crippen LogP contribution in [-0.4, -0.2) is 62.1 Å². The molecule has 9 nitrogen and oxygen atoms in total. The molecule has 182 valence electrons. The number of hydrogen-bond donors (Lipinski definition) is 2. The second-order valence-electron chi connectivity index (χ2n) is 11.0. The lowest BCUT2D eigenvalue weighted by Crippen LogP contribution is -2.51. The summed E-state index contributed by atoms with van der Waals surface area (Å²) in [5.41, 5.74) is 2.47. The van der Waals surface area contributed by atoms with Crippen molar-refractivity contribution in [3.05, 3.63) is 41.2 Å². The number of likely N-dealkylation sites (tertiary alicyclic amines) is 1. The average molecular weight is 468 g/mol. The minimum atomic E-state index is -0.757. The minimum absolute atomic E-state index is 0.116. The number of rotatable bonds is 5. The standard InChI is InChI=1S/C25H33N5O4/c1-14-5-8-21-17(9-14)19(13-34-21)26-23(32)20-10-16(31)11-29(20)24(33)22(25(2,3)4)30-12-18(27-28-30)15-6-7-15/h5,8-9,12,15-16,19-20,22,31H,6-7,10-11,13H2,1-4H3,(H,26,32)/t16-,19?,20+,22-/m1/s1. The highest BCUT2D eigenvalue weighted by Crippen LogP contribution is 2.40. The van der Waals surface area contributed by atoms with E-state index in [9.17, 15) is 14.7 Å². The molecule has 9 heteroatoms. The number of benzene rings is 1. The average Bonchev–Trinajstić information content (AvgIpc) is 3.18. The van der Waals surface area contributed by atoms with E-state index in [1.165, 1.54) is 4.90 Å². The number of aliphatic hydroxyl groups is 1. The lowest BCUT2D eigenvalue weighted by molar-refractivity contribution is -0.144. The molecule has 1 aliphatic carbocycles. The second kappa shape index (κ2) is 8.37. The first-order chi connectivity index (χ1) is 16.1. The first kappa shape index (κ1) is 22.8. The molecule has 1 aromatic heterocycles. The first-order valence-corrected chi connectivity index (χ1v) is 12.1. The Hall–Kier alpha value is -2.94. The van der Waals surface area contributed by atoms with Gasteiger partial charge in [0.1, 0.15) is 24.4 Å². The Morgan fingerprint density at radius 2 is 2.03 bits per heavy atom. The number of fused-ring (bicyclic) bond motifs is 1. The summed E-state index contributed by atoms with van der Waals surface area (Å²) in [4.78, 5) is 28.7. The molecule has 2 fully saturated rings. The molecule has 4 atom stereocenters. The lowest BCUT2D eigenvalue weighted by Gasteiger charge is -2.34. The van der Waals surface area contributed by atoms with Crippen LogP contribution in [-0.2, 0) is 9.59 Å². The number of aryl methyl sites for hydroxylation is 1. The monoisotopic (exact) mass is 467 g/mol. The number of aromatic nitrogens is 3. The van der Waals surface area contributed by atoms with Gasteiger partial charge in [-0.05, 0) is 31.2 Å². The van der Waals surface area contributed by atoms with Crippen molar-refractivity contribution in [2.75, 3.05) is 13.2 Å². The number of aliphatic hydroxyl groups excluding tert-OH is 1. The summed E-state index contributed by atoms with van der Waals surface area (Å²) in [6.07, 6.45) is 3.50. The zero-order valence-corrected chi connectivity index (χ0v) is 20.2. The van der Waals surface area contributed by atoms with Gasteiger partial charge in [0.05, 0.1) is 17.8 Å². The Morgan fingerprint density at radius 1 is 1.26 bits per heavy atom. The molecule has 5 rings (SSSR count). The molecule has 3 aliphatic rings. The third-order valence-electron chi connectivity index (χ3n) is 6.97. The van der Waals surface area contributed by atoms with Gasteiger partial charge in [-0.3, -0.25) is 9.59 Å². The summed E-state index contributed by atoms with van der Waals surface area (Å²) < 4.78 is 7.37. The molecule has 1 saturated carbocycles. The van der Waals surface area contributed by atoms with Crippen molar-refractivity contribution in [1.29, 1.82) is 0 Å². The first-order valence-electron chi connectivity index (χ1n) is 12.1. The lowest BCUT2D eigenvalue weighted by atomic mass is 9.85. The van der Waals surface area contributed by atoms with Gasteiger partial charge in [-0.15, -0.1) is 5.10 Å². The fourth-order valence-corrected chi connectivity index (χ4v) is 5.05. The van der Waals surface area contributed by atoms with Crippen LogP contribution in [0.15, 0.2) is 24.4 Å². The predicted molar refractivity (Wildman–Crippen MR) is 124 cm³/mol. The van der Waals surface area contributed by atoms with Gasteiger partial charge < -0.3 is 20.1 Å². The van der Waals surface area contributed by atoms with E-state index in [4.69, 9.17) is 4.74 Å². The van der Waals surface area contributed by atoms with Crippen molar-refractivity contribution in [3.8, 4) is 5.75 Å². The molecule has 3 heterocycles. The van der Waals surface area contributed by atoms with Gasteiger partial charge in [0.25, 0.3) is 0 Å². The van der Waals surface area contributed by atoms with Crippen molar-refractivity contribution in [1.82, 2.24) is 25.2 Å². The molecule has 1 saturated heterocycles. The van der Waals surface area contributed by atoms with E-state index in [2.05, 4.69) is 15.6 Å². The van der Waals surface area contributed by atoms with Crippen LogP contribution in [0.3, 0.4) is 0 Å². The smallest absolute Gasteiger partial charge is 0.248 e. The van der Waals surface area contributed by atoms with Gasteiger partial charge in [-0.25, -0.2) is 4.68 Å². The summed E-state index contributed by atoms with van der Waals surface area (Å²) >= 11 is 0. The van der Waals surface area contributed by atoms with Crippen molar-refractivity contribution in [3.63, 3.8) is 0 Å². The summed E-state index contributed by atoms with van der Waals surface area (Å²) in [6.45, 7) is 8.39. The zero-order chi connectivity index (χ0) is 24.2. The van der Waals surface area contributed by atoms with E-state index >= 15 is 0 Å². The van der Waals surface area contributed by atoms with Crippen LogP contribution >= 0.6 is 0 Å². The van der Waals surface area contributed by atoms with Gasteiger partial charge >= 0.3 is 0 Å². The summed E-state index contributed by atoms with van der Waals surface area (Å²) in [7, 11) is 0. The number of amides is 2. The van der Waals surface area contributed by atoms with Crippen molar-refractivity contribution in [2.24, 2.45) is 5.41 Å². The number of hydrogen-bond acceptors (Lipinski definition) is 6. The molecule has 0 spiro atoms. The van der Waals surface area contributed by atoms with Gasteiger partial charge in [-0.2, -0.15) is 0 Å². The second-order valence-corrected chi connectivity index (χ2v) is 11.0. The van der Waals surface area contributed by atoms with Crippen molar-refractivity contribution < 1.29 is 19.4 Å². The number of nitrogens with one attached hydrogen (secondary N) is 1. The number of ether oxygens (including phenoxy) is 1. The topological polar surface area (TPSA) is 110 Å². The quantitative estimate of drug-likeness (QED) is 0.698. The van der Waals surface area contributed by atoms with E-state index in [-0.39, 0.29) is 30.8 Å². The normalized spacial score (nSPS) is 25.1. The van der Waals surface area contributed by atoms with E-state index in [1.807, 2.05) is 52.1 Å². The largest absolute Gasteiger partial charge is 0.491 e. The highest BCUT2D eigenvalue weighted by Gasteiger charge is 2.46. The molecule has 2 amide bonds. The van der Waals surface area contributed by atoms with E-state index in [0.29, 0.717) is 12.5 Å².